The molecule has 0 spiro atoms. The Bertz CT molecular complexity index is 387. The van der Waals surface area contributed by atoms with Gasteiger partial charge in [-0.05, 0) is 26.0 Å². The molecular weight excluding hydrogens is 235 g/mol. The molecule has 0 fully saturated rings. The van der Waals surface area contributed by atoms with Crippen LogP contribution in [-0.2, 0) is 4.74 Å². The van der Waals surface area contributed by atoms with Gasteiger partial charge in [0.25, 0.3) is 0 Å². The minimum absolute atomic E-state index is 0.384. The summed E-state index contributed by atoms with van der Waals surface area (Å²) in [4.78, 5) is 11.1. The van der Waals surface area contributed by atoms with Crippen molar-refractivity contribution in [2.75, 3.05) is 5.32 Å². The van der Waals surface area contributed by atoms with Crippen molar-refractivity contribution in [3.05, 3.63) is 29.8 Å². The molecule has 1 atom stereocenters. The smallest absolute Gasteiger partial charge is 0.425 e. The van der Waals surface area contributed by atoms with Gasteiger partial charge in [-0.15, -0.1) is 0 Å². The molecule has 0 bridgehead atoms. The summed E-state index contributed by atoms with van der Waals surface area (Å²) < 4.78 is 40.5. The van der Waals surface area contributed by atoms with E-state index in [1.165, 1.54) is 0 Å². The summed E-state index contributed by atoms with van der Waals surface area (Å²) in [5.74, 6) is 0. The number of carbonyl (C=O) groups is 1. The van der Waals surface area contributed by atoms with Gasteiger partial charge in [-0.2, -0.15) is 13.2 Å². The van der Waals surface area contributed by atoms with Crippen molar-refractivity contribution in [2.24, 2.45) is 0 Å². The van der Waals surface area contributed by atoms with Gasteiger partial charge < -0.3 is 4.74 Å². The lowest BCUT2D eigenvalue weighted by atomic mass is 10.2. The highest BCUT2D eigenvalue weighted by Crippen LogP contribution is 2.22. The van der Waals surface area contributed by atoms with Crippen molar-refractivity contribution in [1.29, 1.82) is 0 Å². The normalized spacial score (nSPS) is 13.0. The van der Waals surface area contributed by atoms with Crippen LogP contribution in [0.1, 0.15) is 12.5 Å². The number of ether oxygens (including phenoxy) is 1. The molecule has 0 aliphatic rings. The Balaban J connectivity index is 2.53. The second-order valence-corrected chi connectivity index (χ2v) is 3.58. The zero-order valence-corrected chi connectivity index (χ0v) is 9.34. The van der Waals surface area contributed by atoms with E-state index < -0.39 is 18.4 Å². The number of alkyl halides is 3. The third-order valence-corrected chi connectivity index (χ3v) is 2.04. The van der Waals surface area contributed by atoms with Gasteiger partial charge in [-0.1, -0.05) is 17.7 Å². The average molecular weight is 247 g/mol. The molecule has 17 heavy (non-hydrogen) atoms. The van der Waals surface area contributed by atoms with Gasteiger partial charge in [-0.3, -0.25) is 5.32 Å². The first-order valence-electron chi connectivity index (χ1n) is 4.90. The first-order valence-corrected chi connectivity index (χ1v) is 4.90. The lowest BCUT2D eigenvalue weighted by molar-refractivity contribution is -0.196. The van der Waals surface area contributed by atoms with E-state index >= 15 is 0 Å². The van der Waals surface area contributed by atoms with Crippen LogP contribution in [0.4, 0.5) is 23.7 Å². The third kappa shape index (κ3) is 4.34. The van der Waals surface area contributed by atoms with Gasteiger partial charge in [0.05, 0.1) is 0 Å². The van der Waals surface area contributed by atoms with E-state index in [1.54, 1.807) is 24.3 Å². The Kier molecular flexibility index (Phi) is 3.98. The Labute approximate surface area is 96.6 Å². The van der Waals surface area contributed by atoms with Crippen molar-refractivity contribution >= 4 is 11.8 Å². The maximum atomic E-state index is 12.1. The molecule has 0 aromatic heterocycles. The third-order valence-electron chi connectivity index (χ3n) is 2.04. The van der Waals surface area contributed by atoms with E-state index in [0.29, 0.717) is 5.69 Å². The minimum atomic E-state index is -4.55. The van der Waals surface area contributed by atoms with Gasteiger partial charge in [0.1, 0.15) is 0 Å². The van der Waals surface area contributed by atoms with Crippen LogP contribution in [0.5, 0.6) is 0 Å². The zero-order valence-electron chi connectivity index (χ0n) is 9.34. The molecule has 1 rings (SSSR count). The predicted octanol–water partition coefficient (Wildman–Crippen LogP) is 3.49. The van der Waals surface area contributed by atoms with Crippen molar-refractivity contribution in [1.82, 2.24) is 0 Å². The number of carbonyl (C=O) groups excluding carboxylic acids is 1. The first kappa shape index (κ1) is 13.3. The molecule has 0 saturated heterocycles. The second-order valence-electron chi connectivity index (χ2n) is 3.58. The van der Waals surface area contributed by atoms with Crippen LogP contribution in [0.3, 0.4) is 0 Å². The molecule has 6 heteroatoms. The second kappa shape index (κ2) is 5.07. The summed E-state index contributed by atoms with van der Waals surface area (Å²) in [5, 5.41) is 2.21. The number of hydrogen-bond donors (Lipinski definition) is 1. The summed E-state index contributed by atoms with van der Waals surface area (Å²) >= 11 is 0. The van der Waals surface area contributed by atoms with Crippen LogP contribution in [0.25, 0.3) is 0 Å². The largest absolute Gasteiger partial charge is 0.437 e. The molecule has 0 heterocycles. The fourth-order valence-corrected chi connectivity index (χ4v) is 1.01. The van der Waals surface area contributed by atoms with E-state index in [-0.39, 0.29) is 0 Å². The van der Waals surface area contributed by atoms with Crippen molar-refractivity contribution < 1.29 is 22.7 Å². The van der Waals surface area contributed by atoms with Crippen LogP contribution in [0.15, 0.2) is 24.3 Å². The fraction of sp³-hybridized carbons (Fsp3) is 0.364. The lowest BCUT2D eigenvalue weighted by Gasteiger charge is -2.16. The molecule has 0 radical (unpaired) electrons. The Morgan fingerprint density at radius 3 is 2.29 bits per heavy atom. The highest BCUT2D eigenvalue weighted by Gasteiger charge is 2.39. The van der Waals surface area contributed by atoms with Crippen molar-refractivity contribution in [3.63, 3.8) is 0 Å². The van der Waals surface area contributed by atoms with Crippen LogP contribution in [0, 0.1) is 6.92 Å². The first-order chi connectivity index (χ1) is 7.79. The number of amides is 1. The van der Waals surface area contributed by atoms with Gasteiger partial charge >= 0.3 is 12.3 Å². The number of aryl methyl sites for hydroxylation is 1. The summed E-state index contributed by atoms with van der Waals surface area (Å²) in [5.41, 5.74) is 1.36. The van der Waals surface area contributed by atoms with Crippen molar-refractivity contribution in [3.8, 4) is 0 Å². The molecule has 3 nitrogen and oxygen atoms in total. The molecule has 1 aromatic rings. The van der Waals surface area contributed by atoms with Crippen LogP contribution in [0.2, 0.25) is 0 Å². The van der Waals surface area contributed by atoms with Crippen LogP contribution < -0.4 is 5.32 Å². The number of anilines is 1. The van der Waals surface area contributed by atoms with Gasteiger partial charge in [0, 0.05) is 5.69 Å². The maximum Gasteiger partial charge on any atom is 0.425 e. The van der Waals surface area contributed by atoms with Crippen molar-refractivity contribution in [2.45, 2.75) is 26.1 Å². The molecule has 1 unspecified atom stereocenters. The number of rotatable bonds is 2. The number of halogens is 3. The molecular formula is C11H12F3NO2. The quantitative estimate of drug-likeness (QED) is 0.868. The zero-order chi connectivity index (χ0) is 13.1. The van der Waals surface area contributed by atoms with E-state index in [4.69, 9.17) is 0 Å². The molecule has 0 aliphatic heterocycles. The van der Waals surface area contributed by atoms with E-state index in [0.717, 1.165) is 12.5 Å². The molecule has 0 saturated carbocycles. The SMILES string of the molecule is Cc1ccc(NC(=O)OC(C)C(F)(F)F)cc1. The summed E-state index contributed by atoms with van der Waals surface area (Å²) in [6, 6.07) is 6.61. The molecule has 1 N–H and O–H groups in total. The standard InChI is InChI=1S/C11H12F3NO2/c1-7-3-5-9(6-4-7)15-10(16)17-8(2)11(12,13)14/h3-6,8H,1-2H3,(H,15,16). The number of benzene rings is 1. The molecule has 94 valence electrons. The van der Waals surface area contributed by atoms with E-state index in [2.05, 4.69) is 10.1 Å². The summed E-state index contributed by atoms with van der Waals surface area (Å²) in [6.45, 7) is 2.63. The summed E-state index contributed by atoms with van der Waals surface area (Å²) in [7, 11) is 0. The highest BCUT2D eigenvalue weighted by molar-refractivity contribution is 5.84. The van der Waals surface area contributed by atoms with Gasteiger partial charge in [0.2, 0.25) is 0 Å². The van der Waals surface area contributed by atoms with E-state index in [9.17, 15) is 18.0 Å². The summed E-state index contributed by atoms with van der Waals surface area (Å²) in [6.07, 6.45) is -7.81. The number of hydrogen-bond acceptors (Lipinski definition) is 2. The van der Waals surface area contributed by atoms with Crippen LogP contribution in [-0.4, -0.2) is 18.4 Å². The topological polar surface area (TPSA) is 38.3 Å². The fourth-order valence-electron chi connectivity index (χ4n) is 1.01. The number of nitrogens with one attached hydrogen (secondary N) is 1. The lowest BCUT2D eigenvalue weighted by Crippen LogP contribution is -2.32. The molecule has 0 aliphatic carbocycles. The monoisotopic (exact) mass is 247 g/mol. The van der Waals surface area contributed by atoms with E-state index in [1.807, 2.05) is 6.92 Å². The highest BCUT2D eigenvalue weighted by atomic mass is 19.4. The predicted molar refractivity (Wildman–Crippen MR) is 56.8 cm³/mol. The minimum Gasteiger partial charge on any atom is -0.437 e. The maximum absolute atomic E-state index is 12.1. The van der Waals surface area contributed by atoms with Crippen LogP contribution >= 0.6 is 0 Å². The Morgan fingerprint density at radius 1 is 1.29 bits per heavy atom. The van der Waals surface area contributed by atoms with Gasteiger partial charge in [-0.25, -0.2) is 4.79 Å². The molecule has 1 amide bonds. The average Bonchev–Trinajstić information content (AvgIpc) is 2.20. The van der Waals surface area contributed by atoms with Gasteiger partial charge in [0.15, 0.2) is 6.10 Å². The molecule has 1 aromatic carbocycles. The Hall–Kier alpha value is -1.72. The Morgan fingerprint density at radius 2 is 1.82 bits per heavy atom.